The largest absolute Gasteiger partial charge is 0.459 e. The summed E-state index contributed by atoms with van der Waals surface area (Å²) < 4.78 is 20.4. The molecule has 3 aromatic rings. The van der Waals surface area contributed by atoms with Crippen LogP contribution in [0.15, 0.2) is 59.4 Å². The topological polar surface area (TPSA) is 90.3 Å². The third kappa shape index (κ3) is 5.87. The maximum absolute atomic E-state index is 14.1. The summed E-state index contributed by atoms with van der Waals surface area (Å²) in [5.41, 5.74) is 1.63. The fourth-order valence-corrected chi connectivity index (χ4v) is 3.06. The Bertz CT molecular complexity index is 1170. The quantitative estimate of drug-likeness (QED) is 0.432. The number of hydrogen-bond acceptors (Lipinski definition) is 5. The minimum atomic E-state index is -0.936. The van der Waals surface area contributed by atoms with Gasteiger partial charge in [0.05, 0.1) is 6.54 Å². The molecule has 166 valence electrons. The molecule has 0 aliphatic carbocycles. The highest BCUT2D eigenvalue weighted by molar-refractivity contribution is 5.87. The van der Waals surface area contributed by atoms with E-state index in [-0.39, 0.29) is 24.7 Å². The van der Waals surface area contributed by atoms with Gasteiger partial charge in [0, 0.05) is 18.2 Å². The molecule has 7 nitrogen and oxygen atoms in total. The van der Waals surface area contributed by atoms with Crippen molar-refractivity contribution in [2.45, 2.75) is 26.7 Å². The average molecular weight is 437 g/mol. The number of aromatic nitrogens is 2. The van der Waals surface area contributed by atoms with E-state index in [0.29, 0.717) is 18.5 Å². The summed E-state index contributed by atoms with van der Waals surface area (Å²) in [4.78, 5) is 36.5. The first-order chi connectivity index (χ1) is 15.3. The standard InChI is InChI=1S/C24H24FN3O4/c1-16-7-9-18(10-8-16)11-12-22(30)26-13-14-32-24(31)23-21(29)15-17(2)28(27-23)20-6-4-3-5-19(20)25/h3-10,15H,11-14H2,1-2H3,(H,26,30). The van der Waals surface area contributed by atoms with Crippen LogP contribution in [0.25, 0.3) is 5.69 Å². The third-order valence-corrected chi connectivity index (χ3v) is 4.80. The molecule has 0 aliphatic heterocycles. The van der Waals surface area contributed by atoms with E-state index in [1.165, 1.54) is 28.9 Å². The van der Waals surface area contributed by atoms with Gasteiger partial charge in [0.25, 0.3) is 0 Å². The Labute approximate surface area is 184 Å². The van der Waals surface area contributed by atoms with Crippen LogP contribution in [-0.2, 0) is 16.0 Å². The highest BCUT2D eigenvalue weighted by Crippen LogP contribution is 2.13. The maximum Gasteiger partial charge on any atom is 0.362 e. The second-order valence-corrected chi connectivity index (χ2v) is 7.33. The first kappa shape index (κ1) is 22.9. The zero-order valence-corrected chi connectivity index (χ0v) is 17.9. The van der Waals surface area contributed by atoms with Gasteiger partial charge in [-0.2, -0.15) is 5.10 Å². The third-order valence-electron chi connectivity index (χ3n) is 4.80. The number of benzene rings is 2. The first-order valence-electron chi connectivity index (χ1n) is 10.2. The molecule has 0 fully saturated rings. The molecule has 2 aromatic carbocycles. The minimum Gasteiger partial charge on any atom is -0.459 e. The summed E-state index contributed by atoms with van der Waals surface area (Å²) in [6, 6.07) is 15.0. The van der Waals surface area contributed by atoms with Crippen LogP contribution >= 0.6 is 0 Å². The van der Waals surface area contributed by atoms with Gasteiger partial charge in [-0.15, -0.1) is 0 Å². The molecule has 3 rings (SSSR count). The number of aryl methyl sites for hydroxylation is 3. The number of carbonyl (C=O) groups excluding carboxylic acids is 2. The Kier molecular flexibility index (Phi) is 7.49. The summed E-state index contributed by atoms with van der Waals surface area (Å²) in [6.45, 7) is 3.57. The second-order valence-electron chi connectivity index (χ2n) is 7.33. The van der Waals surface area contributed by atoms with E-state index in [2.05, 4.69) is 10.4 Å². The Morgan fingerprint density at radius 3 is 2.53 bits per heavy atom. The number of para-hydroxylation sites is 1. The smallest absolute Gasteiger partial charge is 0.362 e. The van der Waals surface area contributed by atoms with E-state index in [1.807, 2.05) is 31.2 Å². The van der Waals surface area contributed by atoms with E-state index in [0.717, 1.165) is 11.1 Å². The van der Waals surface area contributed by atoms with E-state index in [4.69, 9.17) is 4.74 Å². The summed E-state index contributed by atoms with van der Waals surface area (Å²) in [5.74, 6) is -1.65. The summed E-state index contributed by atoms with van der Waals surface area (Å²) >= 11 is 0. The predicted molar refractivity (Wildman–Crippen MR) is 117 cm³/mol. The molecule has 8 heteroatoms. The molecule has 32 heavy (non-hydrogen) atoms. The van der Waals surface area contributed by atoms with Crippen molar-refractivity contribution in [1.82, 2.24) is 15.1 Å². The Hall–Kier alpha value is -3.81. The molecule has 0 unspecified atom stereocenters. The van der Waals surface area contributed by atoms with Crippen molar-refractivity contribution in [3.63, 3.8) is 0 Å². The summed E-state index contributed by atoms with van der Waals surface area (Å²) in [6.07, 6.45) is 0.915. The van der Waals surface area contributed by atoms with Crippen molar-refractivity contribution < 1.29 is 18.7 Å². The van der Waals surface area contributed by atoms with Crippen LogP contribution in [0.5, 0.6) is 0 Å². The van der Waals surface area contributed by atoms with Crippen molar-refractivity contribution in [1.29, 1.82) is 0 Å². The van der Waals surface area contributed by atoms with Crippen LogP contribution < -0.4 is 10.7 Å². The van der Waals surface area contributed by atoms with E-state index in [9.17, 15) is 18.8 Å². The number of carbonyl (C=O) groups is 2. The van der Waals surface area contributed by atoms with Crippen LogP contribution in [0, 0.1) is 19.7 Å². The van der Waals surface area contributed by atoms with Crippen molar-refractivity contribution >= 4 is 11.9 Å². The van der Waals surface area contributed by atoms with E-state index in [1.54, 1.807) is 13.0 Å². The predicted octanol–water partition coefficient (Wildman–Crippen LogP) is 2.89. The molecule has 0 aliphatic rings. The lowest BCUT2D eigenvalue weighted by atomic mass is 10.1. The van der Waals surface area contributed by atoms with Crippen molar-refractivity contribution in [2.24, 2.45) is 0 Å². The summed E-state index contributed by atoms with van der Waals surface area (Å²) in [5, 5.41) is 6.66. The molecule has 1 heterocycles. The average Bonchev–Trinajstić information content (AvgIpc) is 2.77. The normalized spacial score (nSPS) is 10.6. The molecule has 0 radical (unpaired) electrons. The summed E-state index contributed by atoms with van der Waals surface area (Å²) in [7, 11) is 0. The molecule has 0 atom stereocenters. The fraction of sp³-hybridized carbons (Fsp3) is 0.250. The number of halogens is 1. The van der Waals surface area contributed by atoms with E-state index < -0.39 is 22.9 Å². The molecule has 0 saturated heterocycles. The van der Waals surface area contributed by atoms with Gasteiger partial charge < -0.3 is 10.1 Å². The van der Waals surface area contributed by atoms with Crippen LogP contribution in [-0.4, -0.2) is 34.8 Å². The Morgan fingerprint density at radius 1 is 1.09 bits per heavy atom. The molecule has 1 amide bonds. The monoisotopic (exact) mass is 437 g/mol. The Morgan fingerprint density at radius 2 is 1.81 bits per heavy atom. The van der Waals surface area contributed by atoms with Crippen LogP contribution in [0.2, 0.25) is 0 Å². The number of hydrogen-bond donors (Lipinski definition) is 1. The van der Waals surface area contributed by atoms with Crippen molar-refractivity contribution in [3.05, 3.63) is 93.2 Å². The van der Waals surface area contributed by atoms with Gasteiger partial charge in [-0.05, 0) is 38.0 Å². The highest BCUT2D eigenvalue weighted by atomic mass is 19.1. The maximum atomic E-state index is 14.1. The number of amides is 1. The first-order valence-corrected chi connectivity index (χ1v) is 10.2. The molecule has 1 aromatic heterocycles. The molecular formula is C24H24FN3O4. The number of ether oxygens (including phenoxy) is 1. The fourth-order valence-electron chi connectivity index (χ4n) is 3.06. The zero-order valence-electron chi connectivity index (χ0n) is 17.9. The van der Waals surface area contributed by atoms with Gasteiger partial charge in [-0.3, -0.25) is 9.59 Å². The highest BCUT2D eigenvalue weighted by Gasteiger charge is 2.18. The van der Waals surface area contributed by atoms with Gasteiger partial charge in [-0.25, -0.2) is 13.9 Å². The molecule has 0 saturated carbocycles. The number of esters is 1. The lowest BCUT2D eigenvalue weighted by Gasteiger charge is -2.12. The molecule has 0 bridgehead atoms. The molecule has 1 N–H and O–H groups in total. The van der Waals surface area contributed by atoms with Gasteiger partial charge in [0.15, 0.2) is 0 Å². The Balaban J connectivity index is 1.53. The lowest BCUT2D eigenvalue weighted by molar-refractivity contribution is -0.121. The molecular weight excluding hydrogens is 413 g/mol. The van der Waals surface area contributed by atoms with Gasteiger partial charge in [-0.1, -0.05) is 42.0 Å². The van der Waals surface area contributed by atoms with Gasteiger partial charge >= 0.3 is 5.97 Å². The molecule has 0 spiro atoms. The second kappa shape index (κ2) is 10.5. The van der Waals surface area contributed by atoms with E-state index >= 15 is 0 Å². The van der Waals surface area contributed by atoms with Crippen molar-refractivity contribution in [2.75, 3.05) is 13.2 Å². The van der Waals surface area contributed by atoms with Crippen LogP contribution in [0.4, 0.5) is 4.39 Å². The van der Waals surface area contributed by atoms with Gasteiger partial charge in [0.2, 0.25) is 17.0 Å². The van der Waals surface area contributed by atoms with Crippen LogP contribution in [0.3, 0.4) is 0 Å². The number of rotatable bonds is 8. The minimum absolute atomic E-state index is 0.103. The van der Waals surface area contributed by atoms with Gasteiger partial charge in [0.1, 0.15) is 18.1 Å². The van der Waals surface area contributed by atoms with Crippen molar-refractivity contribution in [3.8, 4) is 5.69 Å². The SMILES string of the molecule is Cc1ccc(CCC(=O)NCCOC(=O)c2nn(-c3ccccc3F)c(C)cc2=O)cc1. The lowest BCUT2D eigenvalue weighted by Crippen LogP contribution is -2.30. The number of nitrogens with zero attached hydrogens (tertiary/aromatic N) is 2. The number of nitrogens with one attached hydrogen (secondary N) is 1. The zero-order chi connectivity index (χ0) is 23.1. The van der Waals surface area contributed by atoms with Crippen LogP contribution in [0.1, 0.15) is 33.7 Å².